The van der Waals surface area contributed by atoms with Gasteiger partial charge in [-0.05, 0) is 48.9 Å². The van der Waals surface area contributed by atoms with Gasteiger partial charge in [-0.25, -0.2) is 4.39 Å². The number of benzene rings is 1. The summed E-state index contributed by atoms with van der Waals surface area (Å²) in [7, 11) is 0. The third-order valence-corrected chi connectivity index (χ3v) is 5.24. The molecular formula is C20H29FN2O. The molecule has 1 unspecified atom stereocenters. The topological polar surface area (TPSA) is 23.6 Å². The number of amides is 1. The van der Waals surface area contributed by atoms with E-state index in [4.69, 9.17) is 0 Å². The van der Waals surface area contributed by atoms with Gasteiger partial charge in [-0.2, -0.15) is 0 Å². The van der Waals surface area contributed by atoms with Gasteiger partial charge in [0.15, 0.2) is 0 Å². The second-order valence-electron chi connectivity index (χ2n) is 8.76. The molecule has 1 aromatic rings. The summed E-state index contributed by atoms with van der Waals surface area (Å²) in [6.07, 6.45) is 3.05. The number of rotatable bonds is 3. The fourth-order valence-corrected chi connectivity index (χ4v) is 4.26. The van der Waals surface area contributed by atoms with Gasteiger partial charge in [0.2, 0.25) is 5.91 Å². The molecule has 1 atom stereocenters. The Morgan fingerprint density at radius 2 is 1.83 bits per heavy atom. The Hall–Kier alpha value is -1.42. The number of carbonyl (C=O) groups excluding carboxylic acids is 1. The van der Waals surface area contributed by atoms with E-state index in [0.717, 1.165) is 51.0 Å². The van der Waals surface area contributed by atoms with Crippen molar-refractivity contribution in [2.24, 2.45) is 10.8 Å². The van der Waals surface area contributed by atoms with E-state index in [0.29, 0.717) is 12.5 Å². The SMILES string of the molecule is CC(C)(C)CN1CCC2(CCCN(Cc3ccc(F)cc3)C2=O)C1. The monoisotopic (exact) mass is 332 g/mol. The van der Waals surface area contributed by atoms with E-state index in [1.165, 1.54) is 12.1 Å². The summed E-state index contributed by atoms with van der Waals surface area (Å²) in [6.45, 7) is 11.1. The third kappa shape index (κ3) is 3.80. The maximum atomic E-state index is 13.2. The van der Waals surface area contributed by atoms with Gasteiger partial charge in [-0.1, -0.05) is 32.9 Å². The highest BCUT2D eigenvalue weighted by molar-refractivity contribution is 5.84. The lowest BCUT2D eigenvalue weighted by Gasteiger charge is -2.40. The number of nitrogens with zero attached hydrogens (tertiary/aromatic N) is 2. The Morgan fingerprint density at radius 1 is 1.12 bits per heavy atom. The van der Waals surface area contributed by atoms with Crippen molar-refractivity contribution in [2.75, 3.05) is 26.2 Å². The van der Waals surface area contributed by atoms with Crippen LogP contribution in [0.4, 0.5) is 4.39 Å². The predicted octanol–water partition coefficient (Wildman–Crippen LogP) is 3.69. The minimum Gasteiger partial charge on any atom is -0.338 e. The second kappa shape index (κ2) is 6.47. The van der Waals surface area contributed by atoms with Crippen LogP contribution in [-0.4, -0.2) is 41.9 Å². The van der Waals surface area contributed by atoms with Gasteiger partial charge < -0.3 is 9.80 Å². The zero-order valence-corrected chi connectivity index (χ0v) is 15.1. The summed E-state index contributed by atoms with van der Waals surface area (Å²) in [4.78, 5) is 17.6. The van der Waals surface area contributed by atoms with Gasteiger partial charge in [0.1, 0.15) is 5.82 Å². The molecule has 0 aliphatic carbocycles. The van der Waals surface area contributed by atoms with E-state index in [1.807, 2.05) is 4.90 Å². The lowest BCUT2D eigenvalue weighted by Crippen LogP contribution is -2.50. The number of likely N-dealkylation sites (tertiary alicyclic amines) is 2. The van der Waals surface area contributed by atoms with E-state index in [9.17, 15) is 9.18 Å². The van der Waals surface area contributed by atoms with Crippen LogP contribution in [0.15, 0.2) is 24.3 Å². The fraction of sp³-hybridized carbons (Fsp3) is 0.650. The highest BCUT2D eigenvalue weighted by Crippen LogP contribution is 2.41. The van der Waals surface area contributed by atoms with Gasteiger partial charge in [0.05, 0.1) is 5.41 Å². The van der Waals surface area contributed by atoms with Crippen LogP contribution >= 0.6 is 0 Å². The molecule has 2 aliphatic heterocycles. The standard InChI is InChI=1S/C20H29FN2O/c1-19(2,3)14-22-12-10-20(15-22)9-4-11-23(18(20)24)13-16-5-7-17(21)8-6-16/h5-8H,4,9-15H2,1-3H3. The molecule has 2 aliphatic rings. The molecule has 24 heavy (non-hydrogen) atoms. The smallest absolute Gasteiger partial charge is 0.230 e. The van der Waals surface area contributed by atoms with Crippen molar-refractivity contribution in [1.29, 1.82) is 0 Å². The molecule has 0 bridgehead atoms. The number of halogens is 1. The molecular weight excluding hydrogens is 303 g/mol. The van der Waals surface area contributed by atoms with Crippen molar-refractivity contribution in [3.63, 3.8) is 0 Å². The molecule has 0 N–H and O–H groups in total. The molecule has 1 spiro atoms. The first-order chi connectivity index (χ1) is 11.3. The van der Waals surface area contributed by atoms with Crippen LogP contribution in [0.25, 0.3) is 0 Å². The van der Waals surface area contributed by atoms with Crippen LogP contribution in [0.1, 0.15) is 45.6 Å². The van der Waals surface area contributed by atoms with E-state index in [1.54, 1.807) is 12.1 Å². The molecule has 0 aromatic heterocycles. The molecule has 1 amide bonds. The Balaban J connectivity index is 1.68. The van der Waals surface area contributed by atoms with Crippen LogP contribution in [0.2, 0.25) is 0 Å². The second-order valence-corrected chi connectivity index (χ2v) is 8.76. The molecule has 132 valence electrons. The van der Waals surface area contributed by atoms with Gasteiger partial charge in [-0.15, -0.1) is 0 Å². The Bertz CT molecular complexity index is 593. The van der Waals surface area contributed by atoms with Gasteiger partial charge >= 0.3 is 0 Å². The Morgan fingerprint density at radius 3 is 2.50 bits per heavy atom. The molecule has 0 radical (unpaired) electrons. The average Bonchev–Trinajstić information content (AvgIpc) is 2.88. The Kier molecular flexibility index (Phi) is 4.69. The highest BCUT2D eigenvalue weighted by atomic mass is 19.1. The maximum absolute atomic E-state index is 13.2. The third-order valence-electron chi connectivity index (χ3n) is 5.24. The largest absolute Gasteiger partial charge is 0.338 e. The first kappa shape index (κ1) is 17.4. The number of hydrogen-bond acceptors (Lipinski definition) is 2. The predicted molar refractivity (Wildman–Crippen MR) is 94.0 cm³/mol. The van der Waals surface area contributed by atoms with Crippen molar-refractivity contribution in [3.8, 4) is 0 Å². The summed E-state index contributed by atoms with van der Waals surface area (Å²) in [5.41, 5.74) is 1.08. The van der Waals surface area contributed by atoms with E-state index in [-0.39, 0.29) is 16.6 Å². The summed E-state index contributed by atoms with van der Waals surface area (Å²) in [5, 5.41) is 0. The first-order valence-corrected chi connectivity index (χ1v) is 9.04. The van der Waals surface area contributed by atoms with Crippen LogP contribution in [0.3, 0.4) is 0 Å². The Labute approximate surface area is 144 Å². The molecule has 1 aromatic carbocycles. The van der Waals surface area contributed by atoms with Crippen molar-refractivity contribution >= 4 is 5.91 Å². The lowest BCUT2D eigenvalue weighted by molar-refractivity contribution is -0.146. The fourth-order valence-electron chi connectivity index (χ4n) is 4.26. The molecule has 0 saturated carbocycles. The van der Waals surface area contributed by atoms with Crippen LogP contribution in [0.5, 0.6) is 0 Å². The minimum atomic E-state index is -0.228. The average molecular weight is 332 g/mol. The van der Waals surface area contributed by atoms with E-state index >= 15 is 0 Å². The van der Waals surface area contributed by atoms with Crippen molar-refractivity contribution in [2.45, 2.75) is 46.6 Å². The van der Waals surface area contributed by atoms with Crippen molar-refractivity contribution in [3.05, 3.63) is 35.6 Å². The summed E-state index contributed by atoms with van der Waals surface area (Å²) >= 11 is 0. The molecule has 2 fully saturated rings. The normalized spacial score (nSPS) is 25.7. The van der Waals surface area contributed by atoms with Crippen molar-refractivity contribution in [1.82, 2.24) is 9.80 Å². The number of carbonyl (C=O) groups is 1. The molecule has 3 rings (SSSR count). The molecule has 2 saturated heterocycles. The first-order valence-electron chi connectivity index (χ1n) is 9.04. The van der Waals surface area contributed by atoms with Gasteiger partial charge in [0.25, 0.3) is 0 Å². The van der Waals surface area contributed by atoms with Crippen molar-refractivity contribution < 1.29 is 9.18 Å². The quantitative estimate of drug-likeness (QED) is 0.843. The minimum absolute atomic E-state index is 0.191. The lowest BCUT2D eigenvalue weighted by atomic mass is 9.78. The van der Waals surface area contributed by atoms with E-state index in [2.05, 4.69) is 25.7 Å². The molecule has 3 nitrogen and oxygen atoms in total. The van der Waals surface area contributed by atoms with Crippen LogP contribution in [-0.2, 0) is 11.3 Å². The highest BCUT2D eigenvalue weighted by Gasteiger charge is 2.48. The van der Waals surface area contributed by atoms with Crippen LogP contribution < -0.4 is 0 Å². The summed E-state index contributed by atoms with van der Waals surface area (Å²) in [5.74, 6) is 0.0725. The zero-order chi connectivity index (χ0) is 17.4. The van der Waals surface area contributed by atoms with E-state index < -0.39 is 0 Å². The summed E-state index contributed by atoms with van der Waals surface area (Å²) in [6, 6.07) is 6.51. The van der Waals surface area contributed by atoms with Gasteiger partial charge in [0, 0.05) is 26.2 Å². The number of hydrogen-bond donors (Lipinski definition) is 0. The molecule has 2 heterocycles. The summed E-state index contributed by atoms with van der Waals surface area (Å²) < 4.78 is 13.1. The molecule has 4 heteroatoms. The zero-order valence-electron chi connectivity index (χ0n) is 15.1. The van der Waals surface area contributed by atoms with Gasteiger partial charge in [-0.3, -0.25) is 4.79 Å². The number of piperidine rings is 1. The van der Waals surface area contributed by atoms with Crippen LogP contribution in [0, 0.1) is 16.6 Å². The maximum Gasteiger partial charge on any atom is 0.230 e.